The van der Waals surface area contributed by atoms with Gasteiger partial charge in [-0.25, -0.2) is 18.7 Å². The molecule has 1 saturated carbocycles. The van der Waals surface area contributed by atoms with Crippen LogP contribution >= 0.6 is 0 Å². The van der Waals surface area contributed by atoms with Crippen molar-refractivity contribution in [2.24, 2.45) is 0 Å². The minimum absolute atomic E-state index is 0.172. The molecule has 1 aliphatic heterocycles. The fraction of sp³-hybridized carbons (Fsp3) is 0.409. The van der Waals surface area contributed by atoms with Crippen molar-refractivity contribution in [2.45, 2.75) is 51.1 Å². The van der Waals surface area contributed by atoms with Crippen LogP contribution in [0.25, 0.3) is 0 Å². The molecule has 0 amide bonds. The van der Waals surface area contributed by atoms with Gasteiger partial charge in [-0.2, -0.15) is 5.10 Å². The van der Waals surface area contributed by atoms with Gasteiger partial charge in [-0.3, -0.25) is 4.68 Å². The van der Waals surface area contributed by atoms with Crippen LogP contribution in [0.4, 0.5) is 26.2 Å². The summed E-state index contributed by atoms with van der Waals surface area (Å²) < 4.78 is 29.8. The Morgan fingerprint density at radius 2 is 1.93 bits per heavy atom. The van der Waals surface area contributed by atoms with E-state index in [2.05, 4.69) is 38.3 Å². The summed E-state index contributed by atoms with van der Waals surface area (Å²) in [7, 11) is 0. The first kappa shape index (κ1) is 19.0. The number of rotatable bonds is 6. The fourth-order valence-electron chi connectivity index (χ4n) is 4.29. The third-order valence-electron chi connectivity index (χ3n) is 5.88. The normalized spacial score (nSPS) is 18.8. The van der Waals surface area contributed by atoms with Gasteiger partial charge in [-0.15, -0.1) is 0 Å². The number of hydrogen-bond donors (Lipinski definition) is 1. The van der Waals surface area contributed by atoms with Crippen molar-refractivity contribution >= 4 is 17.5 Å². The topological polar surface area (TPSA) is 58.9 Å². The predicted molar refractivity (Wildman–Crippen MR) is 111 cm³/mol. The second-order valence-corrected chi connectivity index (χ2v) is 7.95. The van der Waals surface area contributed by atoms with E-state index in [1.165, 1.54) is 37.0 Å². The largest absolute Gasteiger partial charge is 0.349 e. The zero-order chi connectivity index (χ0) is 20.7. The SMILES string of the molecule is CCn1nc(Nc2cc(N3CCCC3c3ccc(F)cc3F)ncn2)cc1C1CC1. The van der Waals surface area contributed by atoms with Crippen LogP contribution in [0.2, 0.25) is 0 Å². The summed E-state index contributed by atoms with van der Waals surface area (Å²) in [6.07, 6.45) is 5.66. The highest BCUT2D eigenvalue weighted by Gasteiger charge is 2.30. The van der Waals surface area contributed by atoms with Crippen molar-refractivity contribution in [3.05, 3.63) is 59.6 Å². The molecule has 0 bridgehead atoms. The van der Waals surface area contributed by atoms with E-state index < -0.39 is 11.6 Å². The van der Waals surface area contributed by atoms with Crippen LogP contribution in [0, 0.1) is 11.6 Å². The Morgan fingerprint density at radius 1 is 1.07 bits per heavy atom. The van der Waals surface area contributed by atoms with Crippen molar-refractivity contribution in [3.8, 4) is 0 Å². The van der Waals surface area contributed by atoms with Crippen LogP contribution in [-0.2, 0) is 6.54 Å². The zero-order valence-corrected chi connectivity index (χ0v) is 16.9. The lowest BCUT2D eigenvalue weighted by Crippen LogP contribution is -2.24. The third-order valence-corrected chi connectivity index (χ3v) is 5.88. The molecule has 1 saturated heterocycles. The number of aryl methyl sites for hydroxylation is 1. The molecule has 1 unspecified atom stereocenters. The molecule has 5 rings (SSSR count). The molecule has 3 heterocycles. The number of anilines is 3. The quantitative estimate of drug-likeness (QED) is 0.624. The maximum Gasteiger partial charge on any atom is 0.153 e. The van der Waals surface area contributed by atoms with Gasteiger partial charge >= 0.3 is 0 Å². The summed E-state index contributed by atoms with van der Waals surface area (Å²) in [5.41, 5.74) is 1.76. The maximum absolute atomic E-state index is 14.4. The fourth-order valence-corrected chi connectivity index (χ4v) is 4.29. The number of nitrogens with one attached hydrogen (secondary N) is 1. The summed E-state index contributed by atoms with van der Waals surface area (Å²) >= 11 is 0. The van der Waals surface area contributed by atoms with Crippen LogP contribution in [0.5, 0.6) is 0 Å². The second kappa shape index (κ2) is 7.66. The van der Waals surface area contributed by atoms with E-state index in [9.17, 15) is 8.78 Å². The molecule has 0 radical (unpaired) electrons. The van der Waals surface area contributed by atoms with Gasteiger partial charge in [-0.05, 0) is 38.7 Å². The lowest BCUT2D eigenvalue weighted by molar-refractivity contribution is 0.553. The Hall–Kier alpha value is -3.03. The lowest BCUT2D eigenvalue weighted by atomic mass is 10.0. The van der Waals surface area contributed by atoms with E-state index in [0.717, 1.165) is 43.6 Å². The van der Waals surface area contributed by atoms with Crippen molar-refractivity contribution < 1.29 is 8.78 Å². The summed E-state index contributed by atoms with van der Waals surface area (Å²) in [5.74, 6) is 1.67. The van der Waals surface area contributed by atoms with Gasteiger partial charge in [-0.1, -0.05) is 6.07 Å². The molecule has 2 aromatic heterocycles. The maximum atomic E-state index is 14.4. The molecule has 1 atom stereocenters. The smallest absolute Gasteiger partial charge is 0.153 e. The van der Waals surface area contributed by atoms with Crippen LogP contribution in [0.3, 0.4) is 0 Å². The van der Waals surface area contributed by atoms with Gasteiger partial charge in [0, 0.05) is 48.5 Å². The van der Waals surface area contributed by atoms with E-state index >= 15 is 0 Å². The van der Waals surface area contributed by atoms with Crippen molar-refractivity contribution in [2.75, 3.05) is 16.8 Å². The zero-order valence-electron chi connectivity index (χ0n) is 16.9. The van der Waals surface area contributed by atoms with Gasteiger partial charge in [0.05, 0.1) is 6.04 Å². The number of hydrogen-bond acceptors (Lipinski definition) is 5. The highest BCUT2D eigenvalue weighted by Crippen LogP contribution is 2.41. The molecule has 8 heteroatoms. The monoisotopic (exact) mass is 410 g/mol. The van der Waals surface area contributed by atoms with Crippen molar-refractivity contribution in [3.63, 3.8) is 0 Å². The first-order valence-corrected chi connectivity index (χ1v) is 10.5. The Labute approximate surface area is 174 Å². The van der Waals surface area contributed by atoms with Crippen LogP contribution in [-0.4, -0.2) is 26.3 Å². The highest BCUT2D eigenvalue weighted by molar-refractivity contribution is 5.58. The first-order chi connectivity index (χ1) is 14.6. The number of halogens is 2. The summed E-state index contributed by atoms with van der Waals surface area (Å²) in [5, 5.41) is 7.93. The van der Waals surface area contributed by atoms with E-state index in [1.807, 2.05) is 10.7 Å². The molecule has 1 N–H and O–H groups in total. The van der Waals surface area contributed by atoms with Gasteiger partial charge in [0.15, 0.2) is 5.82 Å². The molecule has 2 fully saturated rings. The van der Waals surface area contributed by atoms with Crippen LogP contribution in [0.15, 0.2) is 36.7 Å². The Morgan fingerprint density at radius 3 is 2.70 bits per heavy atom. The molecule has 0 spiro atoms. The van der Waals surface area contributed by atoms with Crippen LogP contribution in [0.1, 0.15) is 55.8 Å². The lowest BCUT2D eigenvalue weighted by Gasteiger charge is -2.26. The molecule has 1 aromatic carbocycles. The summed E-state index contributed by atoms with van der Waals surface area (Å²) in [6.45, 7) is 3.68. The first-order valence-electron chi connectivity index (χ1n) is 10.5. The van der Waals surface area contributed by atoms with E-state index in [-0.39, 0.29) is 6.04 Å². The van der Waals surface area contributed by atoms with Crippen LogP contribution < -0.4 is 10.2 Å². The van der Waals surface area contributed by atoms with E-state index in [0.29, 0.717) is 17.3 Å². The standard InChI is InChI=1S/C22H24F2N6/c1-2-30-19(14-5-6-14)11-21(28-30)27-20-12-22(26-13-25-20)29-9-3-4-18(29)16-8-7-15(23)10-17(16)24/h7-8,10-14,18H,2-6,9H2,1H3,(H,25,26,27,28). The number of aromatic nitrogens is 4. The molecule has 2 aliphatic rings. The predicted octanol–water partition coefficient (Wildman–Crippen LogP) is 4.93. The molecule has 30 heavy (non-hydrogen) atoms. The Balaban J connectivity index is 1.39. The summed E-state index contributed by atoms with van der Waals surface area (Å²) in [6, 6.07) is 7.57. The third kappa shape index (κ3) is 3.62. The average molecular weight is 410 g/mol. The second-order valence-electron chi connectivity index (χ2n) is 7.95. The molecular weight excluding hydrogens is 386 g/mol. The van der Waals surface area contributed by atoms with Gasteiger partial charge in [0.25, 0.3) is 0 Å². The van der Waals surface area contributed by atoms with Gasteiger partial charge in [0.2, 0.25) is 0 Å². The van der Waals surface area contributed by atoms with E-state index in [4.69, 9.17) is 0 Å². The molecule has 3 aromatic rings. The average Bonchev–Trinajstić information content (AvgIpc) is 3.32. The Kier molecular flexibility index (Phi) is 4.84. The molecule has 6 nitrogen and oxygen atoms in total. The van der Waals surface area contributed by atoms with Gasteiger partial charge in [0.1, 0.15) is 29.6 Å². The van der Waals surface area contributed by atoms with Gasteiger partial charge < -0.3 is 10.2 Å². The van der Waals surface area contributed by atoms with Crippen molar-refractivity contribution in [1.29, 1.82) is 0 Å². The molecular formula is C22H24F2N6. The number of nitrogens with zero attached hydrogens (tertiary/aromatic N) is 5. The molecule has 156 valence electrons. The minimum Gasteiger partial charge on any atom is -0.349 e. The molecule has 1 aliphatic carbocycles. The number of benzene rings is 1. The van der Waals surface area contributed by atoms with Crippen molar-refractivity contribution in [1.82, 2.24) is 19.7 Å². The van der Waals surface area contributed by atoms with E-state index in [1.54, 1.807) is 0 Å². The Bertz CT molecular complexity index is 1060. The summed E-state index contributed by atoms with van der Waals surface area (Å²) in [4.78, 5) is 10.8. The minimum atomic E-state index is -0.564. The highest BCUT2D eigenvalue weighted by atomic mass is 19.1.